The van der Waals surface area contributed by atoms with E-state index in [2.05, 4.69) is 6.92 Å². The van der Waals surface area contributed by atoms with Crippen LogP contribution in [0.25, 0.3) is 0 Å². The van der Waals surface area contributed by atoms with Crippen molar-refractivity contribution in [2.75, 3.05) is 5.75 Å². The summed E-state index contributed by atoms with van der Waals surface area (Å²) >= 11 is -0.910. The summed E-state index contributed by atoms with van der Waals surface area (Å²) in [6.07, 6.45) is 0. The first kappa shape index (κ1) is 8.62. The van der Waals surface area contributed by atoms with Gasteiger partial charge in [-0.15, -0.1) is 0 Å². The Bertz CT molecular complexity index is 218. The minimum Gasteiger partial charge on any atom is -0.611 e. The molecule has 0 amide bonds. The van der Waals surface area contributed by atoms with Gasteiger partial charge in [0.2, 0.25) is 0 Å². The fourth-order valence-electron chi connectivity index (χ4n) is 0.808. The number of rotatable bonds is 2. The SMILES string of the molecule is [CH2]C[S+]([O-])c1ccc(C)cc1. The highest BCUT2D eigenvalue weighted by atomic mass is 32.2. The molecular weight excluding hydrogens is 156 g/mol. The van der Waals surface area contributed by atoms with Crippen LogP contribution in [-0.4, -0.2) is 10.3 Å². The Morgan fingerprint density at radius 2 is 1.91 bits per heavy atom. The van der Waals surface area contributed by atoms with E-state index >= 15 is 0 Å². The Balaban J connectivity index is 2.81. The Labute approximate surface area is 70.6 Å². The number of aryl methyl sites for hydroxylation is 1. The van der Waals surface area contributed by atoms with Crippen LogP contribution in [0.15, 0.2) is 29.2 Å². The summed E-state index contributed by atoms with van der Waals surface area (Å²) in [6.45, 7) is 5.60. The van der Waals surface area contributed by atoms with E-state index in [1.54, 1.807) is 0 Å². The quantitative estimate of drug-likeness (QED) is 0.617. The van der Waals surface area contributed by atoms with Crippen molar-refractivity contribution in [1.82, 2.24) is 0 Å². The molecule has 0 aliphatic rings. The predicted molar refractivity (Wildman–Crippen MR) is 47.8 cm³/mol. The normalized spacial score (nSPS) is 13.0. The van der Waals surface area contributed by atoms with Crippen LogP contribution in [0.5, 0.6) is 0 Å². The lowest BCUT2D eigenvalue weighted by molar-refractivity contribution is 0.598. The molecule has 0 aliphatic heterocycles. The van der Waals surface area contributed by atoms with Gasteiger partial charge in [0.25, 0.3) is 0 Å². The van der Waals surface area contributed by atoms with Crippen molar-refractivity contribution >= 4 is 11.2 Å². The van der Waals surface area contributed by atoms with Gasteiger partial charge in [0.1, 0.15) is 5.75 Å². The van der Waals surface area contributed by atoms with Crippen LogP contribution in [0.4, 0.5) is 0 Å². The topological polar surface area (TPSA) is 23.1 Å². The zero-order valence-electron chi connectivity index (χ0n) is 6.54. The number of hydrogen-bond donors (Lipinski definition) is 0. The van der Waals surface area contributed by atoms with Crippen LogP contribution >= 0.6 is 0 Å². The first-order chi connectivity index (χ1) is 5.24. The van der Waals surface area contributed by atoms with E-state index in [4.69, 9.17) is 0 Å². The lowest BCUT2D eigenvalue weighted by Crippen LogP contribution is -2.03. The average molecular weight is 167 g/mol. The molecule has 0 N–H and O–H groups in total. The largest absolute Gasteiger partial charge is 0.611 e. The highest BCUT2D eigenvalue weighted by Crippen LogP contribution is 2.11. The Hall–Kier alpha value is -0.470. The van der Waals surface area contributed by atoms with Gasteiger partial charge in [-0.25, -0.2) is 0 Å². The summed E-state index contributed by atoms with van der Waals surface area (Å²) in [5.74, 6) is 0.447. The maximum absolute atomic E-state index is 11.2. The van der Waals surface area contributed by atoms with Gasteiger partial charge in [0.05, 0.1) is 0 Å². The van der Waals surface area contributed by atoms with Crippen molar-refractivity contribution in [3.8, 4) is 0 Å². The minimum atomic E-state index is -0.910. The monoisotopic (exact) mass is 167 g/mol. The number of benzene rings is 1. The Kier molecular flexibility index (Phi) is 2.97. The molecule has 0 heterocycles. The summed E-state index contributed by atoms with van der Waals surface area (Å²) in [5.41, 5.74) is 1.19. The molecule has 1 aromatic rings. The first-order valence-corrected chi connectivity index (χ1v) is 4.80. The summed E-state index contributed by atoms with van der Waals surface area (Å²) < 4.78 is 11.2. The molecule has 0 saturated carbocycles. The lowest BCUT2D eigenvalue weighted by Gasteiger charge is -2.06. The standard InChI is InChI=1S/C9H11OS/c1-3-11(10)9-6-4-8(2)5-7-9/h4-7H,1,3H2,2H3. The van der Waals surface area contributed by atoms with Crippen LogP contribution < -0.4 is 0 Å². The van der Waals surface area contributed by atoms with Gasteiger partial charge in [0, 0.05) is 0 Å². The van der Waals surface area contributed by atoms with E-state index in [1.807, 2.05) is 31.2 Å². The molecule has 0 aromatic heterocycles. The van der Waals surface area contributed by atoms with Crippen LogP contribution in [0, 0.1) is 13.8 Å². The molecule has 1 atom stereocenters. The van der Waals surface area contributed by atoms with Gasteiger partial charge in [-0.1, -0.05) is 17.7 Å². The van der Waals surface area contributed by atoms with Crippen molar-refractivity contribution < 1.29 is 4.55 Å². The third-order valence-electron chi connectivity index (χ3n) is 1.47. The fraction of sp³-hybridized carbons (Fsp3) is 0.222. The minimum absolute atomic E-state index is 0.447. The number of hydrogen-bond acceptors (Lipinski definition) is 1. The van der Waals surface area contributed by atoms with E-state index in [9.17, 15) is 4.55 Å². The van der Waals surface area contributed by atoms with E-state index in [1.165, 1.54) is 5.56 Å². The molecule has 0 bridgehead atoms. The van der Waals surface area contributed by atoms with Gasteiger partial charge in [-0.3, -0.25) is 0 Å². The van der Waals surface area contributed by atoms with E-state index in [-0.39, 0.29) is 0 Å². The van der Waals surface area contributed by atoms with E-state index in [0.29, 0.717) is 5.75 Å². The maximum Gasteiger partial charge on any atom is 0.152 e. The van der Waals surface area contributed by atoms with Crippen molar-refractivity contribution in [1.29, 1.82) is 0 Å². The van der Waals surface area contributed by atoms with Crippen LogP contribution in [-0.2, 0) is 11.2 Å². The smallest absolute Gasteiger partial charge is 0.152 e. The Morgan fingerprint density at radius 1 is 1.36 bits per heavy atom. The molecule has 11 heavy (non-hydrogen) atoms. The zero-order chi connectivity index (χ0) is 8.27. The van der Waals surface area contributed by atoms with Crippen molar-refractivity contribution in [3.05, 3.63) is 36.8 Å². The molecule has 0 saturated heterocycles. The Morgan fingerprint density at radius 3 is 2.36 bits per heavy atom. The highest BCUT2D eigenvalue weighted by Gasteiger charge is 2.05. The average Bonchev–Trinajstić information content (AvgIpc) is 2.05. The van der Waals surface area contributed by atoms with Crippen molar-refractivity contribution in [2.24, 2.45) is 0 Å². The highest BCUT2D eigenvalue weighted by molar-refractivity contribution is 7.91. The third kappa shape index (κ3) is 2.24. The van der Waals surface area contributed by atoms with Crippen molar-refractivity contribution in [2.45, 2.75) is 11.8 Å². The third-order valence-corrected chi connectivity index (χ3v) is 2.64. The summed E-state index contributed by atoms with van der Waals surface area (Å²) in [5, 5.41) is 0. The molecular formula is C9H11OS. The van der Waals surface area contributed by atoms with Crippen molar-refractivity contribution in [3.63, 3.8) is 0 Å². The fourth-order valence-corrected chi connectivity index (χ4v) is 1.48. The molecule has 2 heteroatoms. The van der Waals surface area contributed by atoms with E-state index in [0.717, 1.165) is 4.90 Å². The zero-order valence-corrected chi connectivity index (χ0v) is 7.36. The van der Waals surface area contributed by atoms with Gasteiger partial charge in [0.15, 0.2) is 4.90 Å². The second-order valence-corrected chi connectivity index (χ2v) is 3.93. The van der Waals surface area contributed by atoms with Crippen LogP contribution in [0.3, 0.4) is 0 Å². The predicted octanol–water partition coefficient (Wildman–Crippen LogP) is 1.94. The second-order valence-electron chi connectivity index (χ2n) is 2.36. The second kappa shape index (κ2) is 3.79. The van der Waals surface area contributed by atoms with Crippen LogP contribution in [0.1, 0.15) is 5.56 Å². The first-order valence-electron chi connectivity index (χ1n) is 3.48. The molecule has 1 unspecified atom stereocenters. The van der Waals surface area contributed by atoms with Gasteiger partial charge in [-0.2, -0.15) is 0 Å². The van der Waals surface area contributed by atoms with Gasteiger partial charge >= 0.3 is 0 Å². The maximum atomic E-state index is 11.2. The van der Waals surface area contributed by atoms with Crippen LogP contribution in [0.2, 0.25) is 0 Å². The molecule has 0 fully saturated rings. The van der Waals surface area contributed by atoms with E-state index < -0.39 is 11.2 Å². The summed E-state index contributed by atoms with van der Waals surface area (Å²) in [6, 6.07) is 7.69. The molecule has 1 aromatic carbocycles. The molecule has 1 rings (SSSR count). The molecule has 59 valence electrons. The van der Waals surface area contributed by atoms with Gasteiger partial charge < -0.3 is 4.55 Å². The molecule has 1 radical (unpaired) electrons. The molecule has 1 nitrogen and oxygen atoms in total. The molecule has 0 aliphatic carbocycles. The summed E-state index contributed by atoms with van der Waals surface area (Å²) in [4.78, 5) is 0.866. The molecule has 0 spiro atoms. The van der Waals surface area contributed by atoms with Gasteiger partial charge in [-0.05, 0) is 37.2 Å². The summed E-state index contributed by atoms with van der Waals surface area (Å²) in [7, 11) is 0. The lowest BCUT2D eigenvalue weighted by atomic mass is 10.2.